The van der Waals surface area contributed by atoms with Crippen LogP contribution < -0.4 is 11.2 Å². The monoisotopic (exact) mass is 280 g/mol. The largest absolute Gasteiger partial charge is 0.477 e. The Balaban J connectivity index is 2.45. The minimum absolute atomic E-state index is 0.245. The lowest BCUT2D eigenvalue weighted by atomic mass is 10.3. The average molecular weight is 280 g/mol. The van der Waals surface area contributed by atoms with Gasteiger partial charge < -0.3 is 5.11 Å². The molecule has 7 heteroatoms. The number of aromatic amines is 1. The first-order valence-electron chi connectivity index (χ1n) is 5.51. The molecule has 0 bridgehead atoms. The molecule has 0 aromatic carbocycles. The van der Waals surface area contributed by atoms with E-state index < -0.39 is 22.8 Å². The fourth-order valence-electron chi connectivity index (χ4n) is 1.67. The molecule has 2 aromatic rings. The van der Waals surface area contributed by atoms with Crippen molar-refractivity contribution in [3.05, 3.63) is 54.0 Å². The van der Waals surface area contributed by atoms with Crippen LogP contribution in [0.5, 0.6) is 0 Å². The summed E-state index contributed by atoms with van der Waals surface area (Å²) in [7, 11) is 0. The molecule has 0 amide bonds. The molecule has 0 fully saturated rings. The number of rotatable bonds is 3. The van der Waals surface area contributed by atoms with Crippen molar-refractivity contribution in [1.82, 2.24) is 9.55 Å². The van der Waals surface area contributed by atoms with Crippen LogP contribution in [0.15, 0.2) is 21.9 Å². The van der Waals surface area contributed by atoms with Crippen molar-refractivity contribution in [1.29, 1.82) is 0 Å². The van der Waals surface area contributed by atoms with E-state index >= 15 is 0 Å². The summed E-state index contributed by atoms with van der Waals surface area (Å²) >= 11 is 1.54. The second-order valence-corrected chi connectivity index (χ2v) is 5.53. The average Bonchev–Trinajstić information content (AvgIpc) is 2.61. The van der Waals surface area contributed by atoms with Crippen molar-refractivity contribution in [2.45, 2.75) is 20.4 Å². The Bertz CT molecular complexity index is 734. The number of H-pyrrole nitrogens is 1. The Kier molecular flexibility index (Phi) is 3.39. The van der Waals surface area contributed by atoms with Gasteiger partial charge in [0.1, 0.15) is 5.56 Å². The smallest absolute Gasteiger partial charge is 0.342 e. The number of aromatic nitrogens is 2. The zero-order valence-corrected chi connectivity index (χ0v) is 11.2. The van der Waals surface area contributed by atoms with Crippen LogP contribution in [0.3, 0.4) is 0 Å². The molecule has 19 heavy (non-hydrogen) atoms. The molecule has 0 saturated carbocycles. The van der Waals surface area contributed by atoms with Gasteiger partial charge in [-0.1, -0.05) is 0 Å². The Hall–Kier alpha value is -2.15. The summed E-state index contributed by atoms with van der Waals surface area (Å²) in [6.07, 6.45) is 1.08. The molecule has 0 saturated heterocycles. The number of aromatic carboxylic acids is 1. The van der Waals surface area contributed by atoms with Gasteiger partial charge in [0.2, 0.25) is 0 Å². The summed E-state index contributed by atoms with van der Waals surface area (Å²) in [5.74, 6) is -1.35. The molecule has 2 N–H and O–H groups in total. The van der Waals surface area contributed by atoms with Gasteiger partial charge in [-0.05, 0) is 25.5 Å². The van der Waals surface area contributed by atoms with Crippen LogP contribution in [0.25, 0.3) is 0 Å². The fraction of sp³-hybridized carbons (Fsp3) is 0.250. The van der Waals surface area contributed by atoms with Crippen LogP contribution in [0.2, 0.25) is 0 Å². The van der Waals surface area contributed by atoms with Crippen molar-refractivity contribution >= 4 is 17.3 Å². The lowest BCUT2D eigenvalue weighted by Gasteiger charge is -2.03. The lowest BCUT2D eigenvalue weighted by molar-refractivity contribution is 0.0693. The van der Waals surface area contributed by atoms with E-state index in [2.05, 4.69) is 0 Å². The molecular formula is C12H12N2O4S. The molecule has 2 heterocycles. The van der Waals surface area contributed by atoms with Gasteiger partial charge in [0.15, 0.2) is 0 Å². The lowest BCUT2D eigenvalue weighted by Crippen LogP contribution is -2.33. The number of nitrogens with zero attached hydrogens (tertiary/aromatic N) is 1. The van der Waals surface area contributed by atoms with Crippen LogP contribution >= 0.6 is 11.3 Å². The first-order valence-corrected chi connectivity index (χ1v) is 6.33. The van der Waals surface area contributed by atoms with Crippen LogP contribution in [0.1, 0.15) is 25.7 Å². The van der Waals surface area contributed by atoms with E-state index in [0.29, 0.717) is 0 Å². The Morgan fingerprint density at radius 2 is 2.11 bits per heavy atom. The van der Waals surface area contributed by atoms with E-state index in [1.165, 1.54) is 15.9 Å². The van der Waals surface area contributed by atoms with Gasteiger partial charge in [-0.3, -0.25) is 14.3 Å². The third-order valence-corrected chi connectivity index (χ3v) is 3.92. The minimum Gasteiger partial charge on any atom is -0.477 e. The van der Waals surface area contributed by atoms with Crippen molar-refractivity contribution in [3.8, 4) is 0 Å². The summed E-state index contributed by atoms with van der Waals surface area (Å²) in [5, 5.41) is 8.86. The number of carbonyl (C=O) groups is 1. The third-order valence-electron chi connectivity index (χ3n) is 2.78. The van der Waals surface area contributed by atoms with Crippen LogP contribution in [-0.4, -0.2) is 20.6 Å². The molecule has 2 rings (SSSR count). The third kappa shape index (κ3) is 2.65. The summed E-state index contributed by atoms with van der Waals surface area (Å²) in [6, 6.07) is 1.94. The van der Waals surface area contributed by atoms with Crippen molar-refractivity contribution in [2.75, 3.05) is 0 Å². The highest BCUT2D eigenvalue weighted by atomic mass is 32.1. The number of hydrogen-bond donors (Lipinski definition) is 2. The molecule has 6 nitrogen and oxygen atoms in total. The van der Waals surface area contributed by atoms with E-state index in [-0.39, 0.29) is 6.54 Å². The topological polar surface area (TPSA) is 92.2 Å². The zero-order valence-electron chi connectivity index (χ0n) is 10.4. The normalized spacial score (nSPS) is 10.6. The Morgan fingerprint density at radius 3 is 2.63 bits per heavy atom. The van der Waals surface area contributed by atoms with E-state index in [1.807, 2.05) is 24.9 Å². The van der Waals surface area contributed by atoms with Crippen LogP contribution in [0.4, 0.5) is 0 Å². The summed E-state index contributed by atoms with van der Waals surface area (Å²) in [6.45, 7) is 4.19. The molecule has 0 spiro atoms. The Labute approximate surface area is 112 Å². The first-order chi connectivity index (χ1) is 8.88. The summed E-state index contributed by atoms with van der Waals surface area (Å²) < 4.78 is 1.19. The molecule has 0 radical (unpaired) electrons. The van der Waals surface area contributed by atoms with Gasteiger partial charge in [0.05, 0.1) is 6.54 Å². The molecule has 0 atom stereocenters. The predicted molar refractivity (Wildman–Crippen MR) is 71.2 cm³/mol. The van der Waals surface area contributed by atoms with Crippen LogP contribution in [0, 0.1) is 13.8 Å². The molecule has 100 valence electrons. The quantitative estimate of drug-likeness (QED) is 0.876. The van der Waals surface area contributed by atoms with E-state index in [0.717, 1.165) is 21.5 Å². The highest BCUT2D eigenvalue weighted by Gasteiger charge is 2.12. The number of carboxylic acids is 1. The second kappa shape index (κ2) is 4.85. The highest BCUT2D eigenvalue weighted by molar-refractivity contribution is 7.12. The molecule has 0 unspecified atom stereocenters. The van der Waals surface area contributed by atoms with Crippen molar-refractivity contribution in [2.24, 2.45) is 0 Å². The number of carboxylic acid groups (broad SMARTS) is 1. The van der Waals surface area contributed by atoms with Crippen molar-refractivity contribution < 1.29 is 9.90 Å². The first kappa shape index (κ1) is 13.3. The second-order valence-electron chi connectivity index (χ2n) is 4.19. The number of thiophene rings is 1. The van der Waals surface area contributed by atoms with Gasteiger partial charge in [-0.15, -0.1) is 11.3 Å². The van der Waals surface area contributed by atoms with Gasteiger partial charge in [-0.2, -0.15) is 0 Å². The fourth-order valence-corrected chi connectivity index (χ4v) is 2.73. The maximum atomic E-state index is 11.6. The zero-order chi connectivity index (χ0) is 14.2. The minimum atomic E-state index is -1.35. The molecular weight excluding hydrogens is 268 g/mol. The van der Waals surface area contributed by atoms with Gasteiger partial charge in [-0.25, -0.2) is 9.59 Å². The molecule has 0 aliphatic rings. The van der Waals surface area contributed by atoms with Crippen LogP contribution in [-0.2, 0) is 6.54 Å². The number of nitrogens with one attached hydrogen (secondary N) is 1. The maximum absolute atomic E-state index is 11.6. The van der Waals surface area contributed by atoms with E-state index in [9.17, 15) is 14.4 Å². The number of aryl methyl sites for hydroxylation is 2. The highest BCUT2D eigenvalue weighted by Crippen LogP contribution is 2.20. The molecule has 0 aliphatic heterocycles. The van der Waals surface area contributed by atoms with Gasteiger partial charge >= 0.3 is 11.7 Å². The Morgan fingerprint density at radius 1 is 1.42 bits per heavy atom. The summed E-state index contributed by atoms with van der Waals surface area (Å²) in [5.41, 5.74) is -0.813. The standard InChI is InChI=1S/C12H12N2O4S/c1-6-3-8(19-7(6)2)4-14-5-9(11(16)17)10(15)13-12(14)18/h3,5H,4H2,1-2H3,(H,16,17)(H,13,15,18). The molecule has 0 aliphatic carbocycles. The summed E-state index contributed by atoms with van der Waals surface area (Å²) in [4.78, 5) is 37.9. The van der Waals surface area contributed by atoms with Gasteiger partial charge in [0, 0.05) is 16.0 Å². The van der Waals surface area contributed by atoms with Crippen molar-refractivity contribution in [3.63, 3.8) is 0 Å². The number of hydrogen-bond acceptors (Lipinski definition) is 4. The SMILES string of the molecule is Cc1cc(Cn2cc(C(=O)O)c(=O)[nH]c2=O)sc1C. The van der Waals surface area contributed by atoms with Gasteiger partial charge in [0.25, 0.3) is 5.56 Å². The van der Waals surface area contributed by atoms with E-state index in [4.69, 9.17) is 5.11 Å². The van der Waals surface area contributed by atoms with E-state index in [1.54, 1.807) is 0 Å². The molecule has 2 aromatic heterocycles. The predicted octanol–water partition coefficient (Wildman–Crippen LogP) is 0.961. The maximum Gasteiger partial charge on any atom is 0.342 e.